The number of ether oxygens (including phenoxy) is 1. The maximum Gasteiger partial charge on any atom is 0.363 e. The zero-order valence-corrected chi connectivity index (χ0v) is 31.1. The Bertz CT molecular complexity index is 1810. The van der Waals surface area contributed by atoms with Crippen LogP contribution in [0.5, 0.6) is 5.75 Å². The number of hydroxylamine groups is 2. The molecule has 0 aliphatic carbocycles. The quantitative estimate of drug-likeness (QED) is 0.0346. The van der Waals surface area contributed by atoms with Crippen LogP contribution in [0.1, 0.15) is 90.6 Å². The molecule has 17 nitrogen and oxygen atoms in total. The van der Waals surface area contributed by atoms with E-state index < -0.39 is 60.1 Å². The van der Waals surface area contributed by atoms with Crippen molar-refractivity contribution in [2.45, 2.75) is 71.4 Å². The van der Waals surface area contributed by atoms with Crippen molar-refractivity contribution in [2.75, 3.05) is 25.6 Å². The van der Waals surface area contributed by atoms with E-state index in [1.54, 1.807) is 45.2 Å². The number of carboxylic acids is 2. The number of carbonyl (C=O) groups excluding carboxylic acids is 5. The number of rotatable bonds is 23. The average molecular weight is 766 g/mol. The lowest BCUT2D eigenvalue weighted by Gasteiger charge is -2.31. The van der Waals surface area contributed by atoms with Crippen LogP contribution in [0.4, 0.5) is 5.69 Å². The summed E-state index contributed by atoms with van der Waals surface area (Å²) in [6.45, 7) is 5.30. The van der Waals surface area contributed by atoms with Gasteiger partial charge in [0.15, 0.2) is 5.76 Å². The summed E-state index contributed by atoms with van der Waals surface area (Å²) in [6.07, 6.45) is 2.61. The maximum absolute atomic E-state index is 13.5. The van der Waals surface area contributed by atoms with Gasteiger partial charge in [-0.2, -0.15) is 5.06 Å². The van der Waals surface area contributed by atoms with Crippen molar-refractivity contribution in [2.24, 2.45) is 5.92 Å². The van der Waals surface area contributed by atoms with Gasteiger partial charge in [0.2, 0.25) is 12.3 Å². The van der Waals surface area contributed by atoms with Crippen molar-refractivity contribution < 1.29 is 57.8 Å². The van der Waals surface area contributed by atoms with Gasteiger partial charge in [0, 0.05) is 18.3 Å². The molecule has 0 fully saturated rings. The summed E-state index contributed by atoms with van der Waals surface area (Å²) in [5.74, 6) is -6.26. The number of aliphatic carboxylic acids is 2. The molecular formula is C38H47N5O12. The minimum atomic E-state index is -1.67. The fraction of sp³-hybridized carbons (Fsp3) is 0.395. The lowest BCUT2D eigenvalue weighted by atomic mass is 9.90. The van der Waals surface area contributed by atoms with Crippen LogP contribution in [-0.4, -0.2) is 89.7 Å². The molecule has 1 aromatic heterocycles. The Morgan fingerprint density at radius 1 is 0.909 bits per heavy atom. The van der Waals surface area contributed by atoms with Crippen molar-refractivity contribution in [1.82, 2.24) is 21.0 Å². The first kappa shape index (κ1) is 43.0. The van der Waals surface area contributed by atoms with Gasteiger partial charge in [-0.25, -0.2) is 9.59 Å². The van der Waals surface area contributed by atoms with E-state index in [0.717, 1.165) is 23.6 Å². The van der Waals surface area contributed by atoms with E-state index >= 15 is 0 Å². The zero-order chi connectivity index (χ0) is 40.5. The molecule has 6 N–H and O–H groups in total. The molecule has 0 saturated heterocycles. The standard InChI is InChI=1S/C38H47N5O12/c1-5-8-9-10-26(29(6-2)43(22-44)55-38(52)23-11-14-25(39-4)15-12-23)34(47)40-21-41-36(49)31-18-17-30(54-31)24-13-16-27(32(19-24)53-7-3)35(48)42-28(37(50)51)20-33(45)46/h11-19,22,26,28-29,39H,5-10,20-21H2,1-4H3,(H,40,47)(H,41,49)(H,42,48)(H,45,46)(H,50,51)/t26-,28+,29-/m1/s1. The molecule has 0 radical (unpaired) electrons. The largest absolute Gasteiger partial charge is 0.493 e. The summed E-state index contributed by atoms with van der Waals surface area (Å²) in [5, 5.41) is 29.5. The normalized spacial score (nSPS) is 12.3. The van der Waals surface area contributed by atoms with E-state index in [-0.39, 0.29) is 41.7 Å². The highest BCUT2D eigenvalue weighted by Gasteiger charge is 2.34. The van der Waals surface area contributed by atoms with Gasteiger partial charge in [-0.1, -0.05) is 39.2 Å². The van der Waals surface area contributed by atoms with Gasteiger partial charge >= 0.3 is 17.9 Å². The highest BCUT2D eigenvalue weighted by atomic mass is 16.7. The van der Waals surface area contributed by atoms with E-state index in [1.807, 2.05) is 6.92 Å². The fourth-order valence-corrected chi connectivity index (χ4v) is 5.64. The number of nitrogens with one attached hydrogen (secondary N) is 4. The molecule has 296 valence electrons. The number of hydrogen-bond donors (Lipinski definition) is 6. The Balaban J connectivity index is 1.69. The van der Waals surface area contributed by atoms with Gasteiger partial charge < -0.3 is 45.5 Å². The molecule has 17 heteroatoms. The van der Waals surface area contributed by atoms with Crippen molar-refractivity contribution in [3.8, 4) is 17.1 Å². The monoisotopic (exact) mass is 765 g/mol. The third kappa shape index (κ3) is 12.3. The first-order valence-electron chi connectivity index (χ1n) is 17.8. The smallest absolute Gasteiger partial charge is 0.363 e. The van der Waals surface area contributed by atoms with Gasteiger partial charge in [-0.3, -0.25) is 24.0 Å². The van der Waals surface area contributed by atoms with Crippen LogP contribution in [0.2, 0.25) is 0 Å². The van der Waals surface area contributed by atoms with E-state index in [0.29, 0.717) is 31.2 Å². The van der Waals surface area contributed by atoms with Crippen molar-refractivity contribution in [3.05, 3.63) is 71.5 Å². The summed E-state index contributed by atoms with van der Waals surface area (Å²) in [5.41, 5.74) is 1.36. The highest BCUT2D eigenvalue weighted by molar-refractivity contribution is 6.00. The SMILES string of the molecule is CCCCC[C@@H](C(=O)NCNC(=O)c1ccc(-c2ccc(C(=O)N[C@@H](CC(=O)O)C(=O)O)c(OCC)c2)o1)[C@@H](CC)N(C=O)OC(=O)c1ccc(NC)cc1. The molecule has 1 heterocycles. The fourth-order valence-electron chi connectivity index (χ4n) is 5.64. The van der Waals surface area contributed by atoms with Crippen LogP contribution in [0.25, 0.3) is 11.3 Å². The lowest BCUT2D eigenvalue weighted by Crippen LogP contribution is -2.49. The maximum atomic E-state index is 13.5. The molecule has 0 spiro atoms. The highest BCUT2D eigenvalue weighted by Crippen LogP contribution is 2.29. The van der Waals surface area contributed by atoms with Gasteiger partial charge in [-0.05, 0) is 68.3 Å². The Morgan fingerprint density at radius 2 is 1.64 bits per heavy atom. The van der Waals surface area contributed by atoms with Crippen LogP contribution in [0.15, 0.2) is 59.0 Å². The van der Waals surface area contributed by atoms with Gasteiger partial charge in [-0.15, -0.1) is 0 Å². The molecule has 55 heavy (non-hydrogen) atoms. The molecule has 0 saturated carbocycles. The molecule has 3 aromatic rings. The third-order valence-corrected chi connectivity index (χ3v) is 8.50. The zero-order valence-electron chi connectivity index (χ0n) is 31.1. The van der Waals surface area contributed by atoms with Crippen LogP contribution in [0.3, 0.4) is 0 Å². The number of unbranched alkanes of at least 4 members (excludes halogenated alkanes) is 2. The lowest BCUT2D eigenvalue weighted by molar-refractivity contribution is -0.171. The number of nitrogens with zero attached hydrogens (tertiary/aromatic N) is 1. The predicted octanol–water partition coefficient (Wildman–Crippen LogP) is 4.05. The Kier molecular flexibility index (Phi) is 16.7. The molecule has 2 aromatic carbocycles. The van der Waals surface area contributed by atoms with Crippen molar-refractivity contribution >= 4 is 47.7 Å². The van der Waals surface area contributed by atoms with Crippen LogP contribution < -0.4 is 26.0 Å². The number of amides is 4. The molecular weight excluding hydrogens is 718 g/mol. The van der Waals surface area contributed by atoms with E-state index in [1.165, 1.54) is 30.3 Å². The molecule has 3 atom stereocenters. The Morgan fingerprint density at radius 3 is 2.24 bits per heavy atom. The van der Waals surface area contributed by atoms with Crippen LogP contribution >= 0.6 is 0 Å². The molecule has 0 aliphatic rings. The summed E-state index contributed by atoms with van der Waals surface area (Å²) in [6, 6.07) is 11.2. The van der Waals surface area contributed by atoms with Crippen LogP contribution in [-0.2, 0) is 24.0 Å². The number of furan rings is 1. The molecule has 0 unspecified atom stereocenters. The third-order valence-electron chi connectivity index (χ3n) is 8.50. The second kappa shape index (κ2) is 21.3. The predicted molar refractivity (Wildman–Crippen MR) is 198 cm³/mol. The average Bonchev–Trinajstić information content (AvgIpc) is 3.67. The minimum Gasteiger partial charge on any atom is -0.493 e. The minimum absolute atomic E-state index is 0.0466. The van der Waals surface area contributed by atoms with Gasteiger partial charge in [0.25, 0.3) is 11.8 Å². The van der Waals surface area contributed by atoms with E-state index in [9.17, 15) is 38.7 Å². The number of carboxylic acid groups (broad SMARTS) is 2. The van der Waals surface area contributed by atoms with E-state index in [2.05, 4.69) is 21.3 Å². The van der Waals surface area contributed by atoms with Crippen molar-refractivity contribution in [1.29, 1.82) is 0 Å². The number of anilines is 1. The molecule has 0 aliphatic heterocycles. The Hall–Kier alpha value is -6.39. The molecule has 3 rings (SSSR count). The number of hydrogen-bond acceptors (Lipinski definition) is 11. The Labute approximate surface area is 317 Å². The van der Waals surface area contributed by atoms with Crippen LogP contribution in [0, 0.1) is 5.92 Å². The summed E-state index contributed by atoms with van der Waals surface area (Å²) in [7, 11) is 1.74. The second-order valence-electron chi connectivity index (χ2n) is 12.2. The van der Waals surface area contributed by atoms with Crippen molar-refractivity contribution in [3.63, 3.8) is 0 Å². The molecule has 0 bridgehead atoms. The first-order chi connectivity index (χ1) is 26.4. The van der Waals surface area contributed by atoms with Gasteiger partial charge in [0.05, 0.1) is 42.8 Å². The summed E-state index contributed by atoms with van der Waals surface area (Å²) >= 11 is 0. The number of carbonyl (C=O) groups is 7. The molecule has 4 amide bonds. The van der Waals surface area contributed by atoms with Gasteiger partial charge in [0.1, 0.15) is 17.6 Å². The topological polar surface area (TPSA) is 243 Å². The first-order valence-corrected chi connectivity index (χ1v) is 17.8. The summed E-state index contributed by atoms with van der Waals surface area (Å²) in [4.78, 5) is 92.3. The van der Waals surface area contributed by atoms with E-state index in [4.69, 9.17) is 19.1 Å². The summed E-state index contributed by atoms with van der Waals surface area (Å²) < 4.78 is 11.3. The second-order valence-corrected chi connectivity index (χ2v) is 12.2. The number of benzene rings is 2.